The molecule has 1 N–H and O–H groups in total. The Hall–Kier alpha value is -2.74. The van der Waals surface area contributed by atoms with Crippen LogP contribution in [0.3, 0.4) is 0 Å². The number of piperidine rings is 2. The van der Waals surface area contributed by atoms with E-state index in [9.17, 15) is 14.8 Å². The number of carbonyl (C=O) groups excluding carboxylic acids is 2. The minimum absolute atomic E-state index is 0.0122. The quantitative estimate of drug-likeness (QED) is 0.715. The Bertz CT molecular complexity index is 835. The van der Waals surface area contributed by atoms with Gasteiger partial charge in [0, 0.05) is 26.2 Å². The van der Waals surface area contributed by atoms with Gasteiger partial charge >= 0.3 is 11.9 Å². The lowest BCUT2D eigenvalue weighted by Crippen LogP contribution is -2.35. The Morgan fingerprint density at radius 2 is 1.09 bits per heavy atom. The van der Waals surface area contributed by atoms with Gasteiger partial charge in [0.15, 0.2) is 0 Å². The van der Waals surface area contributed by atoms with E-state index in [1.54, 1.807) is 24.3 Å². The van der Waals surface area contributed by atoms with Crippen LogP contribution in [0.1, 0.15) is 46.4 Å². The van der Waals surface area contributed by atoms with Gasteiger partial charge in [-0.25, -0.2) is 9.59 Å². The van der Waals surface area contributed by atoms with Gasteiger partial charge in [-0.05, 0) is 68.1 Å². The third-order valence-corrected chi connectivity index (χ3v) is 6.21. The van der Waals surface area contributed by atoms with Crippen molar-refractivity contribution in [3.8, 4) is 11.1 Å². The summed E-state index contributed by atoms with van der Waals surface area (Å²) in [5.41, 5.74) is 2.95. The summed E-state index contributed by atoms with van der Waals surface area (Å²) in [5.74, 6) is -0.629. The number of hydrogen-bond acceptors (Lipinski definition) is 7. The number of nitrogens with zero attached hydrogens (tertiary/aromatic N) is 2. The topological polar surface area (TPSA) is 79.3 Å². The van der Waals surface area contributed by atoms with Gasteiger partial charge in [0.1, 0.15) is 12.2 Å². The van der Waals surface area contributed by atoms with Crippen molar-refractivity contribution in [3.05, 3.63) is 59.7 Å². The van der Waals surface area contributed by atoms with Gasteiger partial charge in [-0.15, -0.1) is 0 Å². The van der Waals surface area contributed by atoms with E-state index >= 15 is 0 Å². The number of rotatable bonds is 5. The molecule has 2 aliphatic heterocycles. The van der Waals surface area contributed by atoms with Crippen molar-refractivity contribution in [2.75, 3.05) is 33.2 Å². The zero-order chi connectivity index (χ0) is 22.5. The number of esters is 2. The molecule has 0 unspecified atom stereocenters. The fourth-order valence-corrected chi connectivity index (χ4v) is 4.10. The average Bonchev–Trinajstić information content (AvgIpc) is 2.82. The number of likely N-dealkylation sites (tertiary alicyclic amines) is 1. The highest BCUT2D eigenvalue weighted by Crippen LogP contribution is 2.23. The number of carbonyl (C=O) groups is 2. The number of benzene rings is 2. The molecular formula is C25H30N2O5. The van der Waals surface area contributed by atoms with Gasteiger partial charge in [-0.2, -0.15) is 5.06 Å². The van der Waals surface area contributed by atoms with E-state index in [2.05, 4.69) is 11.9 Å². The molecule has 0 radical (unpaired) electrons. The summed E-state index contributed by atoms with van der Waals surface area (Å²) < 4.78 is 11.2. The molecular weight excluding hydrogens is 408 g/mol. The Balaban J connectivity index is 1.32. The van der Waals surface area contributed by atoms with Gasteiger partial charge < -0.3 is 19.6 Å². The molecule has 2 heterocycles. The summed E-state index contributed by atoms with van der Waals surface area (Å²) in [7, 11) is 2.08. The molecule has 32 heavy (non-hydrogen) atoms. The first kappa shape index (κ1) is 22.5. The number of hydrogen-bond donors (Lipinski definition) is 1. The molecule has 0 bridgehead atoms. The molecule has 0 aliphatic carbocycles. The molecule has 0 amide bonds. The van der Waals surface area contributed by atoms with E-state index in [4.69, 9.17) is 9.47 Å². The Morgan fingerprint density at radius 1 is 0.719 bits per heavy atom. The Morgan fingerprint density at radius 3 is 1.50 bits per heavy atom. The first-order valence-corrected chi connectivity index (χ1v) is 11.2. The van der Waals surface area contributed by atoms with E-state index in [0.29, 0.717) is 37.1 Å². The van der Waals surface area contributed by atoms with Gasteiger partial charge in [0.05, 0.1) is 11.1 Å². The highest BCUT2D eigenvalue weighted by molar-refractivity contribution is 5.91. The van der Waals surface area contributed by atoms with Crippen molar-refractivity contribution in [1.82, 2.24) is 9.96 Å². The van der Waals surface area contributed by atoms with Crippen molar-refractivity contribution in [3.63, 3.8) is 0 Å². The third kappa shape index (κ3) is 5.73. The standard InChI is InChI=1S/C25H30N2O5/c1-26-14-10-22(11-15-26)31-24(28)20-6-2-18(3-7-20)19-4-8-21(9-5-19)25(29)32-23-12-16-27(30)17-13-23/h2-9,22-23,30H,10-17H2,1H3. The van der Waals surface area contributed by atoms with Crippen molar-refractivity contribution in [2.24, 2.45) is 0 Å². The van der Waals surface area contributed by atoms with Crippen LogP contribution in [0, 0.1) is 0 Å². The zero-order valence-corrected chi connectivity index (χ0v) is 18.4. The maximum atomic E-state index is 12.4. The first-order chi connectivity index (χ1) is 15.5. The molecule has 2 aromatic carbocycles. The molecule has 2 aliphatic rings. The van der Waals surface area contributed by atoms with Crippen LogP contribution in [0.15, 0.2) is 48.5 Å². The summed E-state index contributed by atoms with van der Waals surface area (Å²) in [6, 6.07) is 14.6. The molecule has 7 nitrogen and oxygen atoms in total. The lowest BCUT2D eigenvalue weighted by Gasteiger charge is -2.28. The zero-order valence-electron chi connectivity index (χ0n) is 18.4. The second-order valence-electron chi connectivity index (χ2n) is 8.62. The van der Waals surface area contributed by atoms with Crippen LogP contribution in [0.5, 0.6) is 0 Å². The van der Waals surface area contributed by atoms with Gasteiger partial charge in [-0.3, -0.25) is 0 Å². The SMILES string of the molecule is CN1CCC(OC(=O)c2ccc(-c3ccc(C(=O)OC4CCN(O)CC4)cc3)cc2)CC1. The van der Waals surface area contributed by atoms with Crippen molar-refractivity contribution in [2.45, 2.75) is 37.9 Å². The van der Waals surface area contributed by atoms with Gasteiger partial charge in [-0.1, -0.05) is 24.3 Å². The summed E-state index contributed by atoms with van der Waals surface area (Å²) >= 11 is 0. The maximum Gasteiger partial charge on any atom is 0.338 e. The Kier molecular flexibility index (Phi) is 7.19. The van der Waals surface area contributed by atoms with Crippen LogP contribution in [0.25, 0.3) is 11.1 Å². The molecule has 4 rings (SSSR count). The smallest absolute Gasteiger partial charge is 0.338 e. The van der Waals surface area contributed by atoms with E-state index < -0.39 is 0 Å². The van der Waals surface area contributed by atoms with Crippen LogP contribution in [-0.4, -0.2) is 72.5 Å². The van der Waals surface area contributed by atoms with E-state index in [1.807, 2.05) is 24.3 Å². The van der Waals surface area contributed by atoms with Crippen LogP contribution in [-0.2, 0) is 9.47 Å². The summed E-state index contributed by atoms with van der Waals surface area (Å²) in [6.07, 6.45) is 2.83. The molecule has 2 saturated heterocycles. The molecule has 0 saturated carbocycles. The highest BCUT2D eigenvalue weighted by Gasteiger charge is 2.22. The minimum atomic E-state index is -0.347. The lowest BCUT2D eigenvalue weighted by atomic mass is 10.0. The van der Waals surface area contributed by atoms with Crippen molar-refractivity contribution in [1.29, 1.82) is 0 Å². The van der Waals surface area contributed by atoms with Crippen molar-refractivity contribution >= 4 is 11.9 Å². The highest BCUT2D eigenvalue weighted by atomic mass is 16.5. The fraction of sp³-hybridized carbons (Fsp3) is 0.440. The van der Waals surface area contributed by atoms with Crippen molar-refractivity contribution < 1.29 is 24.3 Å². The second-order valence-corrected chi connectivity index (χ2v) is 8.62. The molecule has 0 spiro atoms. The number of ether oxygens (including phenoxy) is 2. The summed E-state index contributed by atoms with van der Waals surface area (Å²) in [6.45, 7) is 2.92. The minimum Gasteiger partial charge on any atom is -0.459 e. The Labute approximate surface area is 188 Å². The molecule has 0 atom stereocenters. The van der Waals surface area contributed by atoms with E-state index in [1.165, 1.54) is 5.06 Å². The van der Waals surface area contributed by atoms with Crippen LogP contribution in [0.4, 0.5) is 0 Å². The first-order valence-electron chi connectivity index (χ1n) is 11.2. The van der Waals surface area contributed by atoms with Gasteiger partial charge in [0.2, 0.25) is 0 Å². The molecule has 7 heteroatoms. The molecule has 2 fully saturated rings. The van der Waals surface area contributed by atoms with Crippen LogP contribution < -0.4 is 0 Å². The predicted octanol–water partition coefficient (Wildman–Crippen LogP) is 3.62. The normalized spacial score (nSPS) is 18.9. The lowest BCUT2D eigenvalue weighted by molar-refractivity contribution is -0.123. The maximum absolute atomic E-state index is 12.4. The monoisotopic (exact) mass is 438 g/mol. The largest absolute Gasteiger partial charge is 0.459 e. The third-order valence-electron chi connectivity index (χ3n) is 6.21. The second kappa shape index (κ2) is 10.3. The van der Waals surface area contributed by atoms with Crippen LogP contribution in [0.2, 0.25) is 0 Å². The molecule has 0 aromatic heterocycles. The average molecular weight is 439 g/mol. The predicted molar refractivity (Wildman–Crippen MR) is 120 cm³/mol. The fourth-order valence-electron chi connectivity index (χ4n) is 4.10. The number of hydroxylamine groups is 2. The molecule has 170 valence electrons. The van der Waals surface area contributed by atoms with Gasteiger partial charge in [0.25, 0.3) is 0 Å². The van der Waals surface area contributed by atoms with E-state index in [-0.39, 0.29) is 24.1 Å². The summed E-state index contributed by atoms with van der Waals surface area (Å²) in [4.78, 5) is 27.1. The van der Waals surface area contributed by atoms with Crippen LogP contribution >= 0.6 is 0 Å². The van der Waals surface area contributed by atoms with E-state index in [0.717, 1.165) is 37.1 Å². The summed E-state index contributed by atoms with van der Waals surface area (Å²) in [5, 5.41) is 10.7. The molecule has 2 aromatic rings.